The quantitative estimate of drug-likeness (QED) is 0.424. The van der Waals surface area contributed by atoms with Crippen molar-refractivity contribution >= 4 is 0 Å². The smallest absolute Gasteiger partial charge is 1.00 e. The fraction of sp³-hybridized carbons (Fsp3) is 1.00. The third-order valence-electron chi connectivity index (χ3n) is 1.25. The number of nitrogens with zero attached hydrogens (tertiary/aromatic N) is 1. The second-order valence-corrected chi connectivity index (χ2v) is 2.01. The van der Waals surface area contributed by atoms with Gasteiger partial charge in [0.15, 0.2) is 0 Å². The Balaban J connectivity index is -0.0000000675. The van der Waals surface area contributed by atoms with Gasteiger partial charge in [-0.15, -0.1) is 0 Å². The molecule has 0 amide bonds. The van der Waals surface area contributed by atoms with Crippen LogP contribution in [-0.2, 0) is 0 Å². The van der Waals surface area contributed by atoms with Crippen LogP contribution in [0.5, 0.6) is 0 Å². The molecule has 0 aromatic heterocycles. The van der Waals surface area contributed by atoms with Crippen LogP contribution in [0.4, 0.5) is 0 Å². The normalized spacial score (nSPS) is 7.71. The second kappa shape index (κ2) is 25.2. The van der Waals surface area contributed by atoms with Crippen molar-refractivity contribution in [3.05, 3.63) is 0 Å². The van der Waals surface area contributed by atoms with Gasteiger partial charge in [0.2, 0.25) is 0 Å². The molecule has 0 saturated heterocycles. The van der Waals surface area contributed by atoms with Crippen LogP contribution in [0.25, 0.3) is 0 Å². The van der Waals surface area contributed by atoms with E-state index in [1.165, 1.54) is 0 Å². The Morgan fingerprint density at radius 2 is 1.00 bits per heavy atom. The zero-order valence-electron chi connectivity index (χ0n) is 8.79. The van der Waals surface area contributed by atoms with E-state index in [0.717, 1.165) is 0 Å². The Morgan fingerprint density at radius 1 is 0.786 bits per heavy atom. The van der Waals surface area contributed by atoms with E-state index in [9.17, 15) is 0 Å². The van der Waals surface area contributed by atoms with Crippen molar-refractivity contribution in [2.45, 2.75) is 0 Å². The summed E-state index contributed by atoms with van der Waals surface area (Å²) in [6, 6.07) is 0. The van der Waals surface area contributed by atoms with E-state index in [-0.39, 0.29) is 130 Å². The molecule has 0 atom stereocenters. The van der Waals surface area contributed by atoms with Crippen molar-refractivity contribution in [1.29, 1.82) is 0 Å². The predicted octanol–water partition coefficient (Wildman–Crippen LogP) is -13.7. The summed E-state index contributed by atoms with van der Waals surface area (Å²) in [7, 11) is 0. The van der Waals surface area contributed by atoms with E-state index in [0.29, 0.717) is 19.6 Å². The molecule has 0 aromatic carbocycles. The second-order valence-electron chi connectivity index (χ2n) is 2.01. The van der Waals surface area contributed by atoms with Gasteiger partial charge in [-0.2, -0.15) is 0 Å². The van der Waals surface area contributed by atoms with E-state index in [1.807, 2.05) is 0 Å². The number of aliphatic hydroxyl groups is 3. The van der Waals surface area contributed by atoms with Crippen molar-refractivity contribution in [3.8, 4) is 0 Å². The molecule has 8 heteroatoms. The number of aliphatic hydroxyl groups excluding tert-OH is 3. The summed E-state index contributed by atoms with van der Waals surface area (Å²) in [6.45, 7) is 1.75. The third kappa shape index (κ3) is 20.6. The first-order valence-corrected chi connectivity index (χ1v) is 3.40. The Morgan fingerprint density at radius 3 is 1.14 bits per heavy atom. The Bertz CT molecular complexity index is 75.8. The molecule has 0 radical (unpaired) electrons. The first kappa shape index (κ1) is 30.4. The maximum absolute atomic E-state index is 8.48. The molecule has 0 rings (SSSR count). The topological polar surface area (TPSA) is 63.9 Å². The van der Waals surface area contributed by atoms with Gasteiger partial charge >= 0.3 is 80.9 Å². The van der Waals surface area contributed by atoms with Crippen LogP contribution in [0, 0.1) is 0 Å². The first-order chi connectivity index (χ1) is 4.85. The van der Waals surface area contributed by atoms with Gasteiger partial charge in [-0.25, -0.2) is 0 Å². The number of hydrogen-bond acceptors (Lipinski definition) is 4. The van der Waals surface area contributed by atoms with Crippen LogP contribution < -0.4 is 110 Å². The van der Waals surface area contributed by atoms with Crippen LogP contribution in [0.15, 0.2) is 0 Å². The predicted molar refractivity (Wildman–Crippen MR) is 37.7 cm³/mol. The summed E-state index contributed by atoms with van der Waals surface area (Å²) < 4.78 is 0. The summed E-state index contributed by atoms with van der Waals surface area (Å²) in [5, 5.41) is 25.5. The van der Waals surface area contributed by atoms with Crippen LogP contribution in [0.2, 0.25) is 0 Å². The van der Waals surface area contributed by atoms with Crippen LogP contribution in [0.3, 0.4) is 0 Å². The molecule has 3 N–H and O–H groups in total. The molecule has 0 aliphatic rings. The minimum Gasteiger partial charge on any atom is -1.00 e. The van der Waals surface area contributed by atoms with Crippen molar-refractivity contribution in [1.82, 2.24) is 4.90 Å². The Kier molecular flexibility index (Phi) is 54.6. The molecule has 0 aliphatic carbocycles. The van der Waals surface area contributed by atoms with Crippen molar-refractivity contribution in [2.75, 3.05) is 39.5 Å². The third-order valence-corrected chi connectivity index (χ3v) is 1.25. The zero-order chi connectivity index (χ0) is 7.82. The summed E-state index contributed by atoms with van der Waals surface area (Å²) in [6.07, 6.45) is 0. The molecular weight excluding hydrogens is 312 g/mol. The van der Waals surface area contributed by atoms with Gasteiger partial charge in [0.1, 0.15) is 0 Å². The fourth-order valence-corrected chi connectivity index (χ4v) is 0.760. The molecule has 0 fully saturated rings. The van der Waals surface area contributed by atoms with Gasteiger partial charge in [0.25, 0.3) is 0 Å². The summed E-state index contributed by atoms with van der Waals surface area (Å²) in [5.41, 5.74) is 0. The maximum atomic E-state index is 8.48. The average molecular weight is 327 g/mol. The number of hydrogen-bond donors (Lipinski definition) is 3. The van der Waals surface area contributed by atoms with E-state index in [4.69, 9.17) is 15.3 Å². The minimum atomic E-state index is 0. The van der Waals surface area contributed by atoms with Crippen LogP contribution >= 0.6 is 0 Å². The summed E-state index contributed by atoms with van der Waals surface area (Å²) in [4.78, 5) is 1.79. The SMILES string of the molecule is OCCN(CCO)CCO.[Br-].[Cl-].[K+].[Na+]. The van der Waals surface area contributed by atoms with E-state index >= 15 is 0 Å². The molecule has 0 bridgehead atoms. The summed E-state index contributed by atoms with van der Waals surface area (Å²) >= 11 is 0. The van der Waals surface area contributed by atoms with Gasteiger partial charge in [-0.1, -0.05) is 0 Å². The zero-order valence-corrected chi connectivity index (χ0v) is 16.3. The monoisotopic (exact) mass is 325 g/mol. The van der Waals surface area contributed by atoms with E-state index < -0.39 is 0 Å². The standard InChI is InChI=1S/C6H15NO3.BrH.ClH.K.Na/c8-4-1-7(2-5-9)3-6-10;;;;/h8-10H,1-6H2;2*1H;;/q;;;2*+1/p-2. The van der Waals surface area contributed by atoms with Crippen molar-refractivity contribution in [3.63, 3.8) is 0 Å². The maximum Gasteiger partial charge on any atom is 1.00 e. The molecule has 0 aliphatic heterocycles. The molecule has 0 saturated carbocycles. The van der Waals surface area contributed by atoms with Crippen LogP contribution in [-0.4, -0.2) is 59.7 Å². The largest absolute Gasteiger partial charge is 1.00 e. The number of rotatable bonds is 6. The van der Waals surface area contributed by atoms with Crippen molar-refractivity contribution < 1.29 is 126 Å². The molecule has 78 valence electrons. The van der Waals surface area contributed by atoms with Gasteiger partial charge in [-0.3, -0.25) is 4.90 Å². The molecule has 0 unspecified atom stereocenters. The Hall–Kier alpha value is 3.25. The van der Waals surface area contributed by atoms with Gasteiger partial charge in [0, 0.05) is 19.6 Å². The van der Waals surface area contributed by atoms with E-state index in [2.05, 4.69) is 0 Å². The molecule has 4 nitrogen and oxygen atoms in total. The van der Waals surface area contributed by atoms with Crippen LogP contribution in [0.1, 0.15) is 0 Å². The molecular formula is C6H15BrClKNNaO3. The van der Waals surface area contributed by atoms with Gasteiger partial charge < -0.3 is 44.7 Å². The number of halogens is 2. The molecule has 0 spiro atoms. The van der Waals surface area contributed by atoms with E-state index in [1.54, 1.807) is 4.90 Å². The fourth-order valence-electron chi connectivity index (χ4n) is 0.760. The minimum absolute atomic E-state index is 0. The molecule has 0 heterocycles. The summed E-state index contributed by atoms with van der Waals surface area (Å²) in [5.74, 6) is 0. The molecule has 0 aromatic rings. The van der Waals surface area contributed by atoms with Gasteiger partial charge in [0.05, 0.1) is 19.8 Å². The Labute approximate surface area is 167 Å². The molecule has 14 heavy (non-hydrogen) atoms. The average Bonchev–Trinajstić information content (AvgIpc) is 1.90. The van der Waals surface area contributed by atoms with Crippen molar-refractivity contribution in [2.24, 2.45) is 0 Å². The first-order valence-electron chi connectivity index (χ1n) is 3.40. The van der Waals surface area contributed by atoms with Gasteiger partial charge in [-0.05, 0) is 0 Å².